The minimum Gasteiger partial charge on any atom is -0.479 e. The first-order valence-corrected chi connectivity index (χ1v) is 7.02. The van der Waals surface area contributed by atoms with Crippen molar-refractivity contribution in [2.24, 2.45) is 5.92 Å². The number of carboxylic acids is 1. The van der Waals surface area contributed by atoms with E-state index >= 15 is 0 Å². The molecule has 4 unspecified atom stereocenters. The van der Waals surface area contributed by atoms with Crippen molar-refractivity contribution in [1.29, 1.82) is 0 Å². The number of carboxylic acid groups (broad SMARTS) is 1. The molecule has 108 valence electrons. The summed E-state index contributed by atoms with van der Waals surface area (Å²) in [7, 11) is 0. The Morgan fingerprint density at radius 1 is 1.21 bits per heavy atom. The number of rotatable bonds is 4. The van der Waals surface area contributed by atoms with Crippen LogP contribution in [0, 0.1) is 5.92 Å². The molecule has 0 aromatic carbocycles. The van der Waals surface area contributed by atoms with Gasteiger partial charge in [-0.25, -0.2) is 4.79 Å². The van der Waals surface area contributed by atoms with Crippen molar-refractivity contribution in [3.05, 3.63) is 0 Å². The van der Waals surface area contributed by atoms with E-state index in [2.05, 4.69) is 10.6 Å². The number of fused-ring (bicyclic) bond motifs is 1. The molecule has 1 saturated carbocycles. The quantitative estimate of drug-likeness (QED) is 0.570. The van der Waals surface area contributed by atoms with Gasteiger partial charge in [-0.1, -0.05) is 12.8 Å². The second-order valence-corrected chi connectivity index (χ2v) is 5.55. The first-order valence-electron chi connectivity index (χ1n) is 7.02. The van der Waals surface area contributed by atoms with Gasteiger partial charge in [-0.3, -0.25) is 4.79 Å². The van der Waals surface area contributed by atoms with Gasteiger partial charge in [0.05, 0.1) is 12.6 Å². The molecule has 19 heavy (non-hydrogen) atoms. The van der Waals surface area contributed by atoms with Gasteiger partial charge in [0, 0.05) is 6.04 Å². The predicted molar refractivity (Wildman–Crippen MR) is 68.6 cm³/mol. The lowest BCUT2D eigenvalue weighted by molar-refractivity contribution is -0.146. The standard InChI is InChI=1S/C13H22N2O4/c16-11(13(18)19)7-14-12(17)10-6-5-8-3-1-2-4-9(8)15-10/h8-11,15-16H,1-7H2,(H,14,17)(H,18,19). The highest BCUT2D eigenvalue weighted by Crippen LogP contribution is 2.32. The van der Waals surface area contributed by atoms with E-state index in [4.69, 9.17) is 10.2 Å². The molecule has 6 nitrogen and oxygen atoms in total. The highest BCUT2D eigenvalue weighted by atomic mass is 16.4. The van der Waals surface area contributed by atoms with Crippen LogP contribution in [0.3, 0.4) is 0 Å². The Labute approximate surface area is 112 Å². The van der Waals surface area contributed by atoms with Gasteiger partial charge in [-0.15, -0.1) is 0 Å². The van der Waals surface area contributed by atoms with Crippen LogP contribution in [0.25, 0.3) is 0 Å². The van der Waals surface area contributed by atoms with Gasteiger partial charge in [0.15, 0.2) is 6.10 Å². The molecule has 1 aliphatic carbocycles. The lowest BCUT2D eigenvalue weighted by Gasteiger charge is -2.39. The number of aliphatic hydroxyl groups excluding tert-OH is 1. The molecule has 1 amide bonds. The number of aliphatic hydroxyl groups is 1. The smallest absolute Gasteiger partial charge is 0.334 e. The maximum absolute atomic E-state index is 11.9. The summed E-state index contributed by atoms with van der Waals surface area (Å²) in [6.45, 7) is -0.236. The molecule has 2 rings (SSSR count). The molecule has 0 spiro atoms. The zero-order chi connectivity index (χ0) is 13.8. The molecule has 1 saturated heterocycles. The zero-order valence-corrected chi connectivity index (χ0v) is 11.0. The summed E-state index contributed by atoms with van der Waals surface area (Å²) in [5, 5.41) is 23.5. The van der Waals surface area contributed by atoms with Crippen molar-refractivity contribution in [3.63, 3.8) is 0 Å². The molecule has 2 fully saturated rings. The SMILES string of the molecule is O=C(O)C(O)CNC(=O)C1CCC2CCCCC2N1. The first-order chi connectivity index (χ1) is 9.08. The van der Waals surface area contributed by atoms with Crippen molar-refractivity contribution >= 4 is 11.9 Å². The maximum Gasteiger partial charge on any atom is 0.334 e. The number of amides is 1. The van der Waals surface area contributed by atoms with E-state index in [0.717, 1.165) is 19.3 Å². The molecule has 1 heterocycles. The summed E-state index contributed by atoms with van der Waals surface area (Å²) in [4.78, 5) is 22.4. The topological polar surface area (TPSA) is 98.7 Å². The van der Waals surface area contributed by atoms with Crippen LogP contribution in [-0.2, 0) is 9.59 Å². The molecule has 0 radical (unpaired) electrons. The van der Waals surface area contributed by atoms with E-state index in [0.29, 0.717) is 12.0 Å². The molecule has 0 bridgehead atoms. The molecular formula is C13H22N2O4. The molecule has 2 aliphatic rings. The second-order valence-electron chi connectivity index (χ2n) is 5.55. The number of nitrogens with one attached hydrogen (secondary N) is 2. The van der Waals surface area contributed by atoms with Crippen LogP contribution < -0.4 is 10.6 Å². The Bertz CT molecular complexity index is 348. The van der Waals surface area contributed by atoms with Crippen molar-refractivity contribution in [2.75, 3.05) is 6.54 Å². The van der Waals surface area contributed by atoms with E-state index < -0.39 is 12.1 Å². The van der Waals surface area contributed by atoms with Crippen LogP contribution in [-0.4, -0.2) is 46.8 Å². The largest absolute Gasteiger partial charge is 0.479 e. The third-order valence-electron chi connectivity index (χ3n) is 4.22. The van der Waals surface area contributed by atoms with E-state index in [1.807, 2.05) is 0 Å². The number of carbonyl (C=O) groups excluding carboxylic acids is 1. The molecule has 4 N–H and O–H groups in total. The van der Waals surface area contributed by atoms with Gasteiger partial charge >= 0.3 is 5.97 Å². The molecule has 6 heteroatoms. The van der Waals surface area contributed by atoms with Gasteiger partial charge in [0.2, 0.25) is 5.91 Å². The van der Waals surface area contributed by atoms with Crippen LogP contribution in [0.4, 0.5) is 0 Å². The molecule has 0 aromatic rings. The first kappa shape index (κ1) is 14.3. The number of carbonyl (C=O) groups is 2. The van der Waals surface area contributed by atoms with Crippen molar-refractivity contribution in [2.45, 2.75) is 56.7 Å². The van der Waals surface area contributed by atoms with Gasteiger partial charge in [-0.05, 0) is 31.6 Å². The summed E-state index contributed by atoms with van der Waals surface area (Å²) >= 11 is 0. The highest BCUT2D eigenvalue weighted by molar-refractivity contribution is 5.82. The summed E-state index contributed by atoms with van der Waals surface area (Å²) in [6, 6.07) is 0.169. The third-order valence-corrected chi connectivity index (χ3v) is 4.22. The van der Waals surface area contributed by atoms with E-state index in [9.17, 15) is 9.59 Å². The summed E-state index contributed by atoms with van der Waals surface area (Å²) in [6.07, 6.45) is 5.16. The monoisotopic (exact) mass is 270 g/mol. The van der Waals surface area contributed by atoms with Crippen LogP contribution in [0.5, 0.6) is 0 Å². The normalized spacial score (nSPS) is 32.2. The van der Waals surface area contributed by atoms with Crippen molar-refractivity contribution < 1.29 is 19.8 Å². The molecule has 0 aromatic heterocycles. The molecule has 1 aliphatic heterocycles. The van der Waals surface area contributed by atoms with Gasteiger partial charge < -0.3 is 20.8 Å². The van der Waals surface area contributed by atoms with E-state index in [-0.39, 0.29) is 18.5 Å². The van der Waals surface area contributed by atoms with Crippen LogP contribution in [0.15, 0.2) is 0 Å². The second kappa shape index (κ2) is 6.34. The van der Waals surface area contributed by atoms with E-state index in [1.165, 1.54) is 19.3 Å². The number of aliphatic carboxylic acids is 1. The van der Waals surface area contributed by atoms with E-state index in [1.54, 1.807) is 0 Å². The fraction of sp³-hybridized carbons (Fsp3) is 0.846. The Kier molecular flexibility index (Phi) is 4.76. The molecular weight excluding hydrogens is 248 g/mol. The lowest BCUT2D eigenvalue weighted by atomic mass is 9.77. The summed E-state index contributed by atoms with van der Waals surface area (Å²) in [5.41, 5.74) is 0. The zero-order valence-electron chi connectivity index (χ0n) is 11.0. The minimum atomic E-state index is -1.53. The number of hydrogen-bond donors (Lipinski definition) is 4. The fourth-order valence-corrected chi connectivity index (χ4v) is 3.11. The average molecular weight is 270 g/mol. The Morgan fingerprint density at radius 2 is 1.95 bits per heavy atom. The number of piperidine rings is 1. The highest BCUT2D eigenvalue weighted by Gasteiger charge is 2.34. The number of hydrogen-bond acceptors (Lipinski definition) is 4. The Morgan fingerprint density at radius 3 is 2.68 bits per heavy atom. The summed E-state index contributed by atoms with van der Waals surface area (Å²) in [5.74, 6) is -0.837. The third kappa shape index (κ3) is 3.67. The van der Waals surface area contributed by atoms with Crippen molar-refractivity contribution in [3.8, 4) is 0 Å². The van der Waals surface area contributed by atoms with Crippen LogP contribution in [0.1, 0.15) is 38.5 Å². The lowest BCUT2D eigenvalue weighted by Crippen LogP contribution is -2.55. The Balaban J connectivity index is 1.78. The van der Waals surface area contributed by atoms with Crippen LogP contribution in [0.2, 0.25) is 0 Å². The van der Waals surface area contributed by atoms with Gasteiger partial charge in [0.25, 0.3) is 0 Å². The van der Waals surface area contributed by atoms with Crippen LogP contribution >= 0.6 is 0 Å². The predicted octanol–water partition coefficient (Wildman–Crippen LogP) is -0.141. The minimum absolute atomic E-state index is 0.204. The molecule has 4 atom stereocenters. The van der Waals surface area contributed by atoms with Crippen molar-refractivity contribution in [1.82, 2.24) is 10.6 Å². The maximum atomic E-state index is 11.9. The fourth-order valence-electron chi connectivity index (χ4n) is 3.11. The summed E-state index contributed by atoms with van der Waals surface area (Å²) < 4.78 is 0. The van der Waals surface area contributed by atoms with Gasteiger partial charge in [-0.2, -0.15) is 0 Å². The average Bonchev–Trinajstić information content (AvgIpc) is 2.43. The van der Waals surface area contributed by atoms with Gasteiger partial charge in [0.1, 0.15) is 0 Å². The Hall–Kier alpha value is -1.14.